The topological polar surface area (TPSA) is 71.6 Å². The minimum atomic E-state index is -0.524. The highest BCUT2D eigenvalue weighted by Gasteiger charge is 2.46. The van der Waals surface area contributed by atoms with E-state index in [9.17, 15) is 9.59 Å². The van der Waals surface area contributed by atoms with Gasteiger partial charge < -0.3 is 24.0 Å². The summed E-state index contributed by atoms with van der Waals surface area (Å²) in [6.45, 7) is 10.5. The third-order valence-corrected chi connectivity index (χ3v) is 6.17. The van der Waals surface area contributed by atoms with E-state index in [-0.39, 0.29) is 24.3 Å². The second-order valence-corrected chi connectivity index (χ2v) is 9.63. The average molecular weight is 448 g/mol. The summed E-state index contributed by atoms with van der Waals surface area (Å²) in [5.74, 6) is 0. The molecule has 0 saturated carbocycles. The molecule has 2 heterocycles. The Labute approximate surface area is 191 Å². The average Bonchev–Trinajstić information content (AvgIpc) is 2.76. The standard InChI is InChI=1S/C24H37N3O5/c1-23(2,3)32-22(29)26-14-15-27(16-17-30-4)24(19-26)10-12-25(13-11-24)21(28)31-18-20-8-6-5-7-9-20/h5-9H,10-19H2,1-4H3. The molecular formula is C24H37N3O5. The molecule has 2 aliphatic rings. The maximum atomic E-state index is 12.7. The van der Waals surface area contributed by atoms with Crippen molar-refractivity contribution in [3.63, 3.8) is 0 Å². The Hall–Kier alpha value is -2.32. The number of piperazine rings is 1. The zero-order chi connectivity index (χ0) is 23.2. The summed E-state index contributed by atoms with van der Waals surface area (Å²) in [5.41, 5.74) is 0.257. The van der Waals surface area contributed by atoms with Gasteiger partial charge in [-0.1, -0.05) is 30.3 Å². The van der Waals surface area contributed by atoms with Crippen molar-refractivity contribution in [2.45, 2.75) is 51.4 Å². The van der Waals surface area contributed by atoms with E-state index in [2.05, 4.69) is 4.90 Å². The fourth-order valence-electron chi connectivity index (χ4n) is 4.44. The normalized spacial score (nSPS) is 19.1. The molecule has 32 heavy (non-hydrogen) atoms. The predicted octanol–water partition coefficient (Wildman–Crippen LogP) is 3.36. The lowest BCUT2D eigenvalue weighted by Gasteiger charge is -2.53. The molecule has 0 aromatic heterocycles. The molecule has 3 rings (SSSR count). The largest absolute Gasteiger partial charge is 0.445 e. The first-order valence-electron chi connectivity index (χ1n) is 11.4. The number of carbonyl (C=O) groups is 2. The first kappa shape index (κ1) is 24.3. The van der Waals surface area contributed by atoms with Gasteiger partial charge in [-0.25, -0.2) is 9.59 Å². The first-order valence-corrected chi connectivity index (χ1v) is 11.4. The fraction of sp³-hybridized carbons (Fsp3) is 0.667. The SMILES string of the molecule is COCCN1CCN(C(=O)OC(C)(C)C)CC12CCN(C(=O)OCc1ccccc1)CC2. The number of nitrogens with zero attached hydrogens (tertiary/aromatic N) is 3. The van der Waals surface area contributed by atoms with Crippen molar-refractivity contribution < 1.29 is 23.8 Å². The van der Waals surface area contributed by atoms with Crippen molar-refractivity contribution >= 4 is 12.2 Å². The number of carbonyl (C=O) groups excluding carboxylic acids is 2. The Balaban J connectivity index is 1.61. The molecule has 0 radical (unpaired) electrons. The lowest BCUT2D eigenvalue weighted by molar-refractivity contribution is -0.0564. The van der Waals surface area contributed by atoms with E-state index in [0.29, 0.717) is 32.8 Å². The van der Waals surface area contributed by atoms with Crippen molar-refractivity contribution in [3.05, 3.63) is 35.9 Å². The summed E-state index contributed by atoms with van der Waals surface area (Å²) in [5, 5.41) is 0. The molecule has 0 bridgehead atoms. The number of hydrogen-bond acceptors (Lipinski definition) is 6. The van der Waals surface area contributed by atoms with Gasteiger partial charge in [-0.3, -0.25) is 4.90 Å². The molecule has 2 fully saturated rings. The molecule has 1 spiro atoms. The highest BCUT2D eigenvalue weighted by molar-refractivity contribution is 5.69. The molecule has 0 unspecified atom stereocenters. The molecule has 0 atom stereocenters. The van der Waals surface area contributed by atoms with Crippen LogP contribution < -0.4 is 0 Å². The Bertz CT molecular complexity index is 757. The van der Waals surface area contributed by atoms with E-state index in [1.165, 1.54) is 0 Å². The summed E-state index contributed by atoms with van der Waals surface area (Å²) in [6, 6.07) is 9.69. The maximum absolute atomic E-state index is 12.7. The summed E-state index contributed by atoms with van der Waals surface area (Å²) in [7, 11) is 1.70. The summed E-state index contributed by atoms with van der Waals surface area (Å²) >= 11 is 0. The van der Waals surface area contributed by atoms with Gasteiger partial charge in [0.2, 0.25) is 0 Å². The van der Waals surface area contributed by atoms with Crippen LogP contribution in [0.4, 0.5) is 9.59 Å². The summed E-state index contributed by atoms with van der Waals surface area (Å²) in [4.78, 5) is 31.4. The second kappa shape index (κ2) is 10.5. The fourth-order valence-corrected chi connectivity index (χ4v) is 4.44. The number of benzene rings is 1. The van der Waals surface area contributed by atoms with Crippen LogP contribution in [-0.4, -0.2) is 91.0 Å². The molecule has 2 aliphatic heterocycles. The minimum absolute atomic E-state index is 0.191. The molecule has 8 nitrogen and oxygen atoms in total. The van der Waals surface area contributed by atoms with Gasteiger partial charge in [-0.15, -0.1) is 0 Å². The molecule has 0 N–H and O–H groups in total. The monoisotopic (exact) mass is 447 g/mol. The second-order valence-electron chi connectivity index (χ2n) is 9.63. The molecule has 1 aromatic carbocycles. The first-order chi connectivity index (χ1) is 15.2. The number of hydrogen-bond donors (Lipinski definition) is 0. The van der Waals surface area contributed by atoms with Gasteiger partial charge in [-0.05, 0) is 39.2 Å². The van der Waals surface area contributed by atoms with Crippen LogP contribution in [0, 0.1) is 0 Å². The Kier molecular flexibility index (Phi) is 8.00. The zero-order valence-electron chi connectivity index (χ0n) is 19.8. The lowest BCUT2D eigenvalue weighted by atomic mass is 9.83. The molecule has 1 aromatic rings. The van der Waals surface area contributed by atoms with Gasteiger partial charge in [0.15, 0.2) is 0 Å². The van der Waals surface area contributed by atoms with E-state index in [0.717, 1.165) is 31.5 Å². The van der Waals surface area contributed by atoms with E-state index in [4.69, 9.17) is 14.2 Å². The third kappa shape index (κ3) is 6.36. The highest BCUT2D eigenvalue weighted by atomic mass is 16.6. The van der Waals surface area contributed by atoms with Gasteiger partial charge in [-0.2, -0.15) is 0 Å². The van der Waals surface area contributed by atoms with Crippen molar-refractivity contribution in [2.24, 2.45) is 0 Å². The van der Waals surface area contributed by atoms with E-state index in [1.54, 1.807) is 12.0 Å². The van der Waals surface area contributed by atoms with Crippen LogP contribution in [0.1, 0.15) is 39.2 Å². The van der Waals surface area contributed by atoms with Crippen molar-refractivity contribution in [2.75, 3.05) is 53.0 Å². The molecule has 2 amide bonds. The smallest absolute Gasteiger partial charge is 0.410 e. The van der Waals surface area contributed by atoms with Crippen molar-refractivity contribution in [3.8, 4) is 0 Å². The number of piperidine rings is 1. The van der Waals surface area contributed by atoms with Crippen molar-refractivity contribution in [1.29, 1.82) is 0 Å². The van der Waals surface area contributed by atoms with Crippen LogP contribution in [0.3, 0.4) is 0 Å². The van der Waals surface area contributed by atoms with Crippen LogP contribution in [0.15, 0.2) is 30.3 Å². The zero-order valence-corrected chi connectivity index (χ0v) is 19.8. The third-order valence-electron chi connectivity index (χ3n) is 6.17. The maximum Gasteiger partial charge on any atom is 0.410 e. The predicted molar refractivity (Wildman–Crippen MR) is 121 cm³/mol. The minimum Gasteiger partial charge on any atom is -0.445 e. The quantitative estimate of drug-likeness (QED) is 0.689. The van der Waals surface area contributed by atoms with Crippen LogP contribution >= 0.6 is 0 Å². The van der Waals surface area contributed by atoms with E-state index >= 15 is 0 Å². The lowest BCUT2D eigenvalue weighted by Crippen LogP contribution is -2.67. The highest BCUT2D eigenvalue weighted by Crippen LogP contribution is 2.33. The number of rotatable bonds is 5. The number of amides is 2. The van der Waals surface area contributed by atoms with Gasteiger partial charge in [0.25, 0.3) is 0 Å². The van der Waals surface area contributed by atoms with E-state index < -0.39 is 5.60 Å². The molecular weight excluding hydrogens is 410 g/mol. The van der Waals surface area contributed by atoms with Crippen LogP contribution in [0.2, 0.25) is 0 Å². The number of ether oxygens (including phenoxy) is 3. The van der Waals surface area contributed by atoms with Crippen LogP contribution in [0.5, 0.6) is 0 Å². The van der Waals surface area contributed by atoms with Gasteiger partial charge in [0.1, 0.15) is 12.2 Å². The van der Waals surface area contributed by atoms with Crippen molar-refractivity contribution in [1.82, 2.24) is 14.7 Å². The van der Waals surface area contributed by atoms with Gasteiger partial charge in [0.05, 0.1) is 6.61 Å². The molecule has 8 heteroatoms. The Morgan fingerprint density at radius 3 is 2.28 bits per heavy atom. The molecule has 178 valence electrons. The molecule has 0 aliphatic carbocycles. The van der Waals surface area contributed by atoms with Crippen LogP contribution in [0.25, 0.3) is 0 Å². The van der Waals surface area contributed by atoms with Gasteiger partial charge >= 0.3 is 12.2 Å². The van der Waals surface area contributed by atoms with Gasteiger partial charge in [0, 0.05) is 51.9 Å². The van der Waals surface area contributed by atoms with Crippen LogP contribution in [-0.2, 0) is 20.8 Å². The number of likely N-dealkylation sites (tertiary alicyclic amines) is 1. The summed E-state index contributed by atoms with van der Waals surface area (Å²) in [6.07, 6.45) is 0.993. The Morgan fingerprint density at radius 1 is 0.969 bits per heavy atom. The molecule has 2 saturated heterocycles. The summed E-state index contributed by atoms with van der Waals surface area (Å²) < 4.78 is 16.5. The Morgan fingerprint density at radius 2 is 1.66 bits per heavy atom. The number of methoxy groups -OCH3 is 1. The van der Waals surface area contributed by atoms with E-state index in [1.807, 2.05) is 56.0 Å².